The number of ether oxygens (including phenoxy) is 1. The third-order valence-corrected chi connectivity index (χ3v) is 5.06. The van der Waals surface area contributed by atoms with Gasteiger partial charge in [-0.1, -0.05) is 0 Å². The topological polar surface area (TPSA) is 89.5 Å². The summed E-state index contributed by atoms with van der Waals surface area (Å²) >= 11 is 0. The number of primary amides is 1. The zero-order chi connectivity index (χ0) is 17.4. The maximum absolute atomic E-state index is 12.0. The lowest BCUT2D eigenvalue weighted by Gasteiger charge is -2.43. The monoisotopic (exact) mass is 336 g/mol. The molecule has 2 fully saturated rings. The van der Waals surface area contributed by atoms with Gasteiger partial charge in [0, 0.05) is 39.2 Å². The Bertz CT molecular complexity index is 580. The van der Waals surface area contributed by atoms with Gasteiger partial charge in [0.1, 0.15) is 17.7 Å². The Balaban J connectivity index is 1.62. The van der Waals surface area contributed by atoms with E-state index in [2.05, 4.69) is 40.7 Å². The average molecular weight is 336 g/mol. The van der Waals surface area contributed by atoms with Gasteiger partial charge in [-0.25, -0.2) is 9.67 Å². The van der Waals surface area contributed by atoms with Gasteiger partial charge >= 0.3 is 0 Å². The zero-order valence-corrected chi connectivity index (χ0v) is 14.9. The molecule has 2 aliphatic heterocycles. The molecule has 24 heavy (non-hydrogen) atoms. The van der Waals surface area contributed by atoms with E-state index >= 15 is 0 Å². The number of carbonyl (C=O) groups is 1. The van der Waals surface area contributed by atoms with E-state index < -0.39 is 5.54 Å². The van der Waals surface area contributed by atoms with Crippen LogP contribution in [-0.4, -0.2) is 75.4 Å². The second-order valence-electron chi connectivity index (χ2n) is 7.72. The largest absolute Gasteiger partial charge is 0.379 e. The molecule has 1 aromatic heterocycles. The van der Waals surface area contributed by atoms with E-state index in [-0.39, 0.29) is 11.4 Å². The fourth-order valence-electron chi connectivity index (χ4n) is 3.62. The van der Waals surface area contributed by atoms with E-state index in [0.29, 0.717) is 19.6 Å². The van der Waals surface area contributed by atoms with Crippen LogP contribution in [0.1, 0.15) is 33.0 Å². The lowest BCUT2D eigenvalue weighted by atomic mass is 9.94. The Hall–Kier alpha value is -1.51. The molecule has 0 saturated carbocycles. The van der Waals surface area contributed by atoms with Crippen LogP contribution in [0.25, 0.3) is 0 Å². The van der Waals surface area contributed by atoms with Crippen LogP contribution in [0.5, 0.6) is 0 Å². The third-order valence-electron chi connectivity index (χ3n) is 5.06. The van der Waals surface area contributed by atoms with Crippen LogP contribution in [0.15, 0.2) is 6.33 Å². The number of nitrogens with zero attached hydrogens (tertiary/aromatic N) is 5. The predicted octanol–water partition coefficient (Wildman–Crippen LogP) is -0.205. The minimum atomic E-state index is -0.614. The van der Waals surface area contributed by atoms with Crippen molar-refractivity contribution >= 4 is 5.91 Å². The van der Waals surface area contributed by atoms with Crippen molar-refractivity contribution < 1.29 is 9.53 Å². The molecule has 0 aliphatic carbocycles. The summed E-state index contributed by atoms with van der Waals surface area (Å²) in [6, 6.07) is 0. The zero-order valence-electron chi connectivity index (χ0n) is 14.9. The quantitative estimate of drug-likeness (QED) is 0.819. The van der Waals surface area contributed by atoms with Gasteiger partial charge in [-0.2, -0.15) is 5.10 Å². The second-order valence-corrected chi connectivity index (χ2v) is 7.72. The molecule has 1 unspecified atom stereocenters. The van der Waals surface area contributed by atoms with Crippen molar-refractivity contribution in [1.29, 1.82) is 0 Å². The first-order chi connectivity index (χ1) is 11.3. The van der Waals surface area contributed by atoms with Gasteiger partial charge in [0.05, 0.1) is 18.7 Å². The number of rotatable bonds is 4. The van der Waals surface area contributed by atoms with E-state index in [1.54, 1.807) is 6.33 Å². The van der Waals surface area contributed by atoms with Crippen LogP contribution in [0.2, 0.25) is 0 Å². The van der Waals surface area contributed by atoms with Crippen molar-refractivity contribution in [1.82, 2.24) is 24.6 Å². The molecule has 0 aromatic carbocycles. The molecule has 8 nitrogen and oxygen atoms in total. The summed E-state index contributed by atoms with van der Waals surface area (Å²) in [5.41, 5.74) is 4.99. The summed E-state index contributed by atoms with van der Waals surface area (Å²) in [6.45, 7) is 11.6. The van der Waals surface area contributed by atoms with Crippen LogP contribution in [0.3, 0.4) is 0 Å². The fraction of sp³-hybridized carbons (Fsp3) is 0.812. The van der Waals surface area contributed by atoms with Crippen molar-refractivity contribution in [3.05, 3.63) is 12.2 Å². The molecule has 0 radical (unpaired) electrons. The molecule has 2 saturated heterocycles. The van der Waals surface area contributed by atoms with Crippen LogP contribution in [0.4, 0.5) is 0 Å². The lowest BCUT2D eigenvalue weighted by molar-refractivity contribution is -0.132. The van der Waals surface area contributed by atoms with Crippen LogP contribution in [0, 0.1) is 0 Å². The maximum atomic E-state index is 12.0. The van der Waals surface area contributed by atoms with Gasteiger partial charge in [-0.05, 0) is 20.8 Å². The number of nitrogens with two attached hydrogens (primary N) is 1. The highest BCUT2D eigenvalue weighted by Gasteiger charge is 2.46. The fourth-order valence-corrected chi connectivity index (χ4v) is 3.62. The summed E-state index contributed by atoms with van der Waals surface area (Å²) < 4.78 is 7.44. The van der Waals surface area contributed by atoms with Crippen molar-refractivity contribution in [2.24, 2.45) is 5.73 Å². The Labute approximate surface area is 142 Å². The second kappa shape index (κ2) is 6.42. The molecule has 0 spiro atoms. The van der Waals surface area contributed by atoms with E-state index in [9.17, 15) is 4.79 Å². The average Bonchev–Trinajstić information content (AvgIpc) is 3.16. The van der Waals surface area contributed by atoms with Gasteiger partial charge in [-0.15, -0.1) is 0 Å². The Morgan fingerprint density at radius 3 is 2.58 bits per heavy atom. The number of hydrogen-bond acceptors (Lipinski definition) is 6. The van der Waals surface area contributed by atoms with Gasteiger partial charge in [0.2, 0.25) is 5.91 Å². The lowest BCUT2D eigenvalue weighted by Crippen LogP contribution is -2.63. The standard InChI is InChI=1S/C16H28N6O2/c1-15(2,3)22-13(18-12-19-22)10-20-5-7-21(8-6-20)16(14(17)23)4-9-24-11-16/h12H,4-11H2,1-3H3,(H2,17,23). The van der Waals surface area contributed by atoms with Crippen LogP contribution < -0.4 is 5.73 Å². The molecule has 2 aliphatic rings. The third kappa shape index (κ3) is 3.18. The highest BCUT2D eigenvalue weighted by atomic mass is 16.5. The first kappa shape index (κ1) is 17.3. The first-order valence-corrected chi connectivity index (χ1v) is 8.57. The van der Waals surface area contributed by atoms with Crippen molar-refractivity contribution in [3.63, 3.8) is 0 Å². The molecule has 0 bridgehead atoms. The molecular formula is C16H28N6O2. The number of carbonyl (C=O) groups excluding carboxylic acids is 1. The Morgan fingerprint density at radius 1 is 1.33 bits per heavy atom. The number of amides is 1. The molecule has 2 N–H and O–H groups in total. The molecule has 1 aromatic rings. The highest BCUT2D eigenvalue weighted by molar-refractivity contribution is 5.85. The number of aromatic nitrogens is 3. The minimum absolute atomic E-state index is 0.0785. The van der Waals surface area contributed by atoms with Gasteiger partial charge < -0.3 is 10.5 Å². The maximum Gasteiger partial charge on any atom is 0.240 e. The minimum Gasteiger partial charge on any atom is -0.379 e. The molecule has 3 heterocycles. The van der Waals surface area contributed by atoms with E-state index in [0.717, 1.165) is 38.5 Å². The molecule has 3 rings (SSSR count). The summed E-state index contributed by atoms with van der Waals surface area (Å²) in [7, 11) is 0. The smallest absolute Gasteiger partial charge is 0.240 e. The summed E-state index contributed by atoms with van der Waals surface area (Å²) in [6.07, 6.45) is 2.31. The van der Waals surface area contributed by atoms with E-state index in [1.807, 2.05) is 4.68 Å². The van der Waals surface area contributed by atoms with Crippen molar-refractivity contribution in [3.8, 4) is 0 Å². The molecular weight excluding hydrogens is 308 g/mol. The summed E-state index contributed by atoms with van der Waals surface area (Å²) in [5.74, 6) is 0.714. The Kier molecular flexibility index (Phi) is 4.63. The van der Waals surface area contributed by atoms with Crippen LogP contribution >= 0.6 is 0 Å². The van der Waals surface area contributed by atoms with E-state index in [1.165, 1.54) is 0 Å². The van der Waals surface area contributed by atoms with Crippen molar-refractivity contribution in [2.75, 3.05) is 39.4 Å². The van der Waals surface area contributed by atoms with E-state index in [4.69, 9.17) is 10.5 Å². The van der Waals surface area contributed by atoms with Crippen LogP contribution in [-0.2, 0) is 21.6 Å². The SMILES string of the molecule is CC(C)(C)n1ncnc1CN1CCN(C2(C(N)=O)CCOC2)CC1. The van der Waals surface area contributed by atoms with Gasteiger partial charge in [-0.3, -0.25) is 14.6 Å². The molecule has 1 atom stereocenters. The molecule has 8 heteroatoms. The summed E-state index contributed by atoms with van der Waals surface area (Å²) in [5, 5.41) is 4.36. The van der Waals surface area contributed by atoms with Gasteiger partial charge in [0.15, 0.2) is 0 Å². The normalized spacial score (nSPS) is 26.8. The van der Waals surface area contributed by atoms with Crippen molar-refractivity contribution in [2.45, 2.75) is 44.8 Å². The summed E-state index contributed by atoms with van der Waals surface area (Å²) in [4.78, 5) is 21.0. The number of piperazine rings is 1. The predicted molar refractivity (Wildman–Crippen MR) is 89.2 cm³/mol. The van der Waals surface area contributed by atoms with Gasteiger partial charge in [0.25, 0.3) is 0 Å². The number of hydrogen-bond donors (Lipinski definition) is 1. The highest BCUT2D eigenvalue weighted by Crippen LogP contribution is 2.27. The first-order valence-electron chi connectivity index (χ1n) is 8.57. The molecule has 1 amide bonds. The molecule has 134 valence electrons. The Morgan fingerprint density at radius 2 is 2.04 bits per heavy atom.